The van der Waals surface area contributed by atoms with Crippen LogP contribution in [-0.2, 0) is 0 Å². The smallest absolute Gasteiger partial charge is 0.134 e. The predicted molar refractivity (Wildman–Crippen MR) is 80.5 cm³/mol. The summed E-state index contributed by atoms with van der Waals surface area (Å²) in [6.07, 6.45) is 4.02. The summed E-state index contributed by atoms with van der Waals surface area (Å²) in [5.41, 5.74) is -0.551. The maximum absolute atomic E-state index is 10.5. The van der Waals surface area contributed by atoms with Crippen molar-refractivity contribution in [2.24, 2.45) is 0 Å². The highest BCUT2D eigenvalue weighted by atomic mass is 79.9. The van der Waals surface area contributed by atoms with Crippen molar-refractivity contribution in [1.29, 1.82) is 0 Å². The quantitative estimate of drug-likeness (QED) is 0.863. The topological polar surface area (TPSA) is 49.2 Å². The number of rotatable bonds is 4. The second kappa shape index (κ2) is 5.75. The van der Waals surface area contributed by atoms with Crippen LogP contribution in [0, 0.1) is 0 Å². The third-order valence-corrected chi connectivity index (χ3v) is 4.08. The van der Waals surface area contributed by atoms with Crippen LogP contribution in [0.4, 0.5) is 5.82 Å². The molecule has 5 heteroatoms. The maximum Gasteiger partial charge on any atom is 0.134 e. The van der Waals surface area contributed by atoms with Crippen molar-refractivity contribution in [3.05, 3.63) is 16.5 Å². The van der Waals surface area contributed by atoms with Gasteiger partial charge in [-0.05, 0) is 28.8 Å². The van der Waals surface area contributed by atoms with E-state index in [0.717, 1.165) is 41.9 Å². The van der Waals surface area contributed by atoms with Crippen LogP contribution in [0.2, 0.25) is 0 Å². The lowest BCUT2D eigenvalue weighted by atomic mass is 10.0. The van der Waals surface area contributed by atoms with Gasteiger partial charge in [0.05, 0.1) is 5.60 Å². The van der Waals surface area contributed by atoms with Crippen LogP contribution in [0.1, 0.15) is 51.3 Å². The third-order valence-electron chi connectivity index (χ3n) is 3.67. The van der Waals surface area contributed by atoms with Gasteiger partial charge in [-0.2, -0.15) is 0 Å². The van der Waals surface area contributed by atoms with Gasteiger partial charge in [-0.1, -0.05) is 26.7 Å². The van der Waals surface area contributed by atoms with Gasteiger partial charge in [0.25, 0.3) is 0 Å². The molecule has 2 rings (SSSR count). The molecule has 0 spiro atoms. The number of aromatic nitrogens is 2. The van der Waals surface area contributed by atoms with Gasteiger partial charge in [-0.3, -0.25) is 0 Å². The molecule has 106 valence electrons. The minimum atomic E-state index is -0.551. The first-order valence-electron chi connectivity index (χ1n) is 6.88. The van der Waals surface area contributed by atoms with Crippen LogP contribution in [0.3, 0.4) is 0 Å². The Labute approximate surface area is 123 Å². The lowest BCUT2D eigenvalue weighted by molar-refractivity contribution is 0.0558. The Morgan fingerprint density at radius 1 is 1.37 bits per heavy atom. The molecule has 0 saturated heterocycles. The summed E-state index contributed by atoms with van der Waals surface area (Å²) in [6, 6.07) is 1.91. The minimum Gasteiger partial charge on any atom is -0.388 e. The molecule has 1 aliphatic carbocycles. The van der Waals surface area contributed by atoms with Gasteiger partial charge in [-0.25, -0.2) is 9.97 Å². The molecule has 4 nitrogen and oxygen atoms in total. The fourth-order valence-electron chi connectivity index (χ4n) is 2.59. The highest BCUT2D eigenvalue weighted by molar-refractivity contribution is 9.10. The molecule has 1 aromatic rings. The number of aliphatic hydroxyl groups is 1. The summed E-state index contributed by atoms with van der Waals surface area (Å²) in [4.78, 5) is 11.0. The molecule has 1 N–H and O–H groups in total. The second-order valence-corrected chi connectivity index (χ2v) is 6.66. The second-order valence-electron chi connectivity index (χ2n) is 5.85. The van der Waals surface area contributed by atoms with Crippen LogP contribution in [-0.4, -0.2) is 34.3 Å². The summed E-state index contributed by atoms with van der Waals surface area (Å²) < 4.78 is 0.798. The van der Waals surface area contributed by atoms with Crippen molar-refractivity contribution in [3.63, 3.8) is 0 Å². The highest BCUT2D eigenvalue weighted by Crippen LogP contribution is 2.31. The molecule has 0 amide bonds. The van der Waals surface area contributed by atoms with Gasteiger partial charge in [0.15, 0.2) is 0 Å². The molecule has 0 atom stereocenters. The Balaban J connectivity index is 2.16. The monoisotopic (exact) mass is 327 g/mol. The van der Waals surface area contributed by atoms with Crippen LogP contribution in [0.15, 0.2) is 10.7 Å². The molecule has 1 aromatic heterocycles. The number of halogens is 1. The molecule has 0 radical (unpaired) electrons. The SMILES string of the molecule is CC(C)c1nc(Br)cc(N(C)CC2(O)CCCC2)n1. The molecular formula is C14H22BrN3O. The highest BCUT2D eigenvalue weighted by Gasteiger charge is 2.32. The molecule has 19 heavy (non-hydrogen) atoms. The summed E-state index contributed by atoms with van der Waals surface area (Å²) >= 11 is 3.44. The van der Waals surface area contributed by atoms with E-state index in [0.29, 0.717) is 12.5 Å². The largest absolute Gasteiger partial charge is 0.388 e. The molecule has 0 bridgehead atoms. The minimum absolute atomic E-state index is 0.291. The van der Waals surface area contributed by atoms with E-state index < -0.39 is 5.60 Å². The van der Waals surface area contributed by atoms with Gasteiger partial charge >= 0.3 is 0 Å². The van der Waals surface area contributed by atoms with Crippen molar-refractivity contribution >= 4 is 21.7 Å². The van der Waals surface area contributed by atoms with Gasteiger partial charge in [0.1, 0.15) is 16.2 Å². The Hall–Kier alpha value is -0.680. The first kappa shape index (κ1) is 14.7. The van der Waals surface area contributed by atoms with E-state index in [-0.39, 0.29) is 0 Å². The summed E-state index contributed by atoms with van der Waals surface area (Å²) in [6.45, 7) is 4.79. The molecule has 0 aliphatic heterocycles. The van der Waals surface area contributed by atoms with Crippen LogP contribution in [0.5, 0.6) is 0 Å². The Bertz CT molecular complexity index is 444. The lowest BCUT2D eigenvalue weighted by Gasteiger charge is -2.29. The zero-order valence-corrected chi connectivity index (χ0v) is 13.4. The maximum atomic E-state index is 10.5. The Kier molecular flexibility index (Phi) is 4.46. The zero-order valence-electron chi connectivity index (χ0n) is 11.9. The van der Waals surface area contributed by atoms with E-state index in [2.05, 4.69) is 39.7 Å². The number of likely N-dealkylation sites (N-methyl/N-ethyl adjacent to an activating group) is 1. The summed E-state index contributed by atoms with van der Waals surface area (Å²) in [5.74, 6) is 1.99. The lowest BCUT2D eigenvalue weighted by Crippen LogP contribution is -2.39. The molecule has 0 unspecified atom stereocenters. The molecule has 0 aromatic carbocycles. The third kappa shape index (κ3) is 3.66. The Morgan fingerprint density at radius 3 is 2.58 bits per heavy atom. The average Bonchev–Trinajstić information content (AvgIpc) is 2.74. The van der Waals surface area contributed by atoms with Crippen LogP contribution < -0.4 is 4.90 Å². The average molecular weight is 328 g/mol. The van der Waals surface area contributed by atoms with Crippen LogP contribution >= 0.6 is 15.9 Å². The fraction of sp³-hybridized carbons (Fsp3) is 0.714. The van der Waals surface area contributed by atoms with Crippen molar-refractivity contribution in [2.75, 3.05) is 18.5 Å². The van der Waals surface area contributed by atoms with Crippen LogP contribution in [0.25, 0.3) is 0 Å². The first-order chi connectivity index (χ1) is 8.89. The van der Waals surface area contributed by atoms with Gasteiger partial charge in [0, 0.05) is 25.6 Å². The van der Waals surface area contributed by atoms with Gasteiger partial charge in [-0.15, -0.1) is 0 Å². The van der Waals surface area contributed by atoms with E-state index in [9.17, 15) is 5.11 Å². The molecule has 1 fully saturated rings. The van der Waals surface area contributed by atoms with E-state index in [1.165, 1.54) is 0 Å². The molecule has 1 aliphatic rings. The fourth-order valence-corrected chi connectivity index (χ4v) is 2.98. The number of anilines is 1. The normalized spacial score (nSPS) is 18.0. The summed E-state index contributed by atoms with van der Waals surface area (Å²) in [5, 5.41) is 10.5. The van der Waals surface area contributed by atoms with E-state index in [1.54, 1.807) is 0 Å². The van der Waals surface area contributed by atoms with E-state index in [1.807, 2.05) is 18.0 Å². The Morgan fingerprint density at radius 2 is 2.00 bits per heavy atom. The van der Waals surface area contributed by atoms with E-state index in [4.69, 9.17) is 0 Å². The first-order valence-corrected chi connectivity index (χ1v) is 7.67. The number of hydrogen-bond acceptors (Lipinski definition) is 4. The van der Waals surface area contributed by atoms with Crippen molar-refractivity contribution in [1.82, 2.24) is 9.97 Å². The number of hydrogen-bond donors (Lipinski definition) is 1. The van der Waals surface area contributed by atoms with E-state index >= 15 is 0 Å². The number of nitrogens with zero attached hydrogens (tertiary/aromatic N) is 3. The predicted octanol–water partition coefficient (Wildman–Crippen LogP) is 3.10. The zero-order chi connectivity index (χ0) is 14.0. The summed E-state index contributed by atoms with van der Waals surface area (Å²) in [7, 11) is 1.98. The van der Waals surface area contributed by atoms with Crippen molar-refractivity contribution in [3.8, 4) is 0 Å². The standard InChI is InChI=1S/C14H22BrN3O/c1-10(2)13-16-11(15)8-12(17-13)18(3)9-14(19)6-4-5-7-14/h8,10,19H,4-7,9H2,1-3H3. The van der Waals surface area contributed by atoms with Gasteiger partial charge in [0.2, 0.25) is 0 Å². The van der Waals surface area contributed by atoms with Crippen molar-refractivity contribution in [2.45, 2.75) is 51.0 Å². The molecular weight excluding hydrogens is 306 g/mol. The molecule has 1 saturated carbocycles. The van der Waals surface area contributed by atoms with Gasteiger partial charge < -0.3 is 10.0 Å². The van der Waals surface area contributed by atoms with Crippen molar-refractivity contribution < 1.29 is 5.11 Å². The molecule has 1 heterocycles.